The summed E-state index contributed by atoms with van der Waals surface area (Å²) in [5, 5.41) is 2.97. The number of methoxy groups -OCH3 is 3. The summed E-state index contributed by atoms with van der Waals surface area (Å²) in [5.41, 5.74) is 0.598. The summed E-state index contributed by atoms with van der Waals surface area (Å²) >= 11 is 0. The maximum absolute atomic E-state index is 13.2. The van der Waals surface area contributed by atoms with Gasteiger partial charge >= 0.3 is 6.03 Å². The summed E-state index contributed by atoms with van der Waals surface area (Å²) in [6.07, 6.45) is 1.99. The number of ether oxygens (including phenoxy) is 3. The fourth-order valence-corrected chi connectivity index (χ4v) is 5.01. The molecule has 0 aromatic heterocycles. The quantitative estimate of drug-likeness (QED) is 0.438. The van der Waals surface area contributed by atoms with Crippen LogP contribution in [0.5, 0.6) is 17.2 Å². The van der Waals surface area contributed by atoms with Crippen LogP contribution in [0.2, 0.25) is 0 Å². The third-order valence-electron chi connectivity index (χ3n) is 6.81. The highest BCUT2D eigenvalue weighted by molar-refractivity contribution is 6.07. The van der Waals surface area contributed by atoms with E-state index in [1.54, 1.807) is 19.1 Å². The Morgan fingerprint density at radius 1 is 1.12 bits per heavy atom. The standard InChI is InChI=1S/C25H35N3O6/c1-7-25(23(30)28(15-16(2)3)24(31)26-25)18-8-10-27(11-9-18)21(29)14-17-12-19(32-4)22(34-6)20(13-17)33-5/h12-13,18H,2,7-11,14-15H2,1,3-6H3,(H,26,31). The summed E-state index contributed by atoms with van der Waals surface area (Å²) in [6.45, 7) is 8.82. The summed E-state index contributed by atoms with van der Waals surface area (Å²) in [6, 6.07) is 3.19. The average molecular weight is 474 g/mol. The lowest BCUT2D eigenvalue weighted by Crippen LogP contribution is -2.56. The average Bonchev–Trinajstić information content (AvgIpc) is 3.08. The molecule has 1 atom stereocenters. The molecule has 0 saturated carbocycles. The van der Waals surface area contributed by atoms with E-state index in [1.807, 2.05) is 11.8 Å². The first kappa shape index (κ1) is 25.4. The van der Waals surface area contributed by atoms with Crippen molar-refractivity contribution in [1.29, 1.82) is 0 Å². The van der Waals surface area contributed by atoms with Crippen LogP contribution in [-0.4, -0.2) is 74.1 Å². The van der Waals surface area contributed by atoms with Crippen LogP contribution in [0.15, 0.2) is 24.3 Å². The number of nitrogens with zero attached hydrogens (tertiary/aromatic N) is 2. The Morgan fingerprint density at radius 2 is 1.71 bits per heavy atom. The van der Waals surface area contributed by atoms with Crippen molar-refractivity contribution in [3.05, 3.63) is 29.8 Å². The van der Waals surface area contributed by atoms with E-state index >= 15 is 0 Å². The molecule has 34 heavy (non-hydrogen) atoms. The summed E-state index contributed by atoms with van der Waals surface area (Å²) < 4.78 is 16.1. The zero-order valence-electron chi connectivity index (χ0n) is 20.7. The topological polar surface area (TPSA) is 97.4 Å². The Bertz CT molecular complexity index is 944. The number of urea groups is 1. The lowest BCUT2D eigenvalue weighted by atomic mass is 9.75. The number of likely N-dealkylation sites (tertiary alicyclic amines) is 1. The second-order valence-electron chi connectivity index (χ2n) is 8.97. The number of imide groups is 1. The minimum atomic E-state index is -0.918. The molecule has 9 heteroatoms. The van der Waals surface area contributed by atoms with E-state index in [-0.39, 0.29) is 36.7 Å². The maximum atomic E-state index is 13.2. The highest BCUT2D eigenvalue weighted by atomic mass is 16.5. The predicted octanol–water partition coefficient (Wildman–Crippen LogP) is 2.77. The lowest BCUT2D eigenvalue weighted by molar-refractivity contribution is -0.135. The van der Waals surface area contributed by atoms with E-state index in [9.17, 15) is 14.4 Å². The minimum absolute atomic E-state index is 0.0102. The molecule has 3 rings (SSSR count). The lowest BCUT2D eigenvalue weighted by Gasteiger charge is -2.40. The van der Waals surface area contributed by atoms with E-state index in [1.165, 1.54) is 26.2 Å². The van der Waals surface area contributed by atoms with Crippen molar-refractivity contribution in [3.8, 4) is 17.2 Å². The molecule has 0 spiro atoms. The molecule has 186 valence electrons. The van der Waals surface area contributed by atoms with E-state index in [0.29, 0.717) is 49.6 Å². The highest BCUT2D eigenvalue weighted by Crippen LogP contribution is 2.39. The van der Waals surface area contributed by atoms with Crippen LogP contribution in [0.25, 0.3) is 0 Å². The van der Waals surface area contributed by atoms with Gasteiger partial charge in [-0.1, -0.05) is 19.1 Å². The maximum Gasteiger partial charge on any atom is 0.325 e. The summed E-state index contributed by atoms with van der Waals surface area (Å²) in [4.78, 5) is 41.9. The van der Waals surface area contributed by atoms with Gasteiger partial charge in [-0.2, -0.15) is 0 Å². The number of rotatable bonds is 9. The van der Waals surface area contributed by atoms with Crippen molar-refractivity contribution < 1.29 is 28.6 Å². The molecular weight excluding hydrogens is 438 g/mol. The molecule has 2 aliphatic rings. The number of carbonyl (C=O) groups is 3. The van der Waals surface area contributed by atoms with E-state index in [0.717, 1.165) is 11.1 Å². The van der Waals surface area contributed by atoms with Crippen molar-refractivity contribution in [2.45, 2.75) is 45.1 Å². The zero-order chi connectivity index (χ0) is 25.0. The molecule has 1 aromatic rings. The number of piperidine rings is 1. The minimum Gasteiger partial charge on any atom is -0.493 e. The largest absolute Gasteiger partial charge is 0.493 e. The van der Waals surface area contributed by atoms with Gasteiger partial charge in [0, 0.05) is 13.1 Å². The zero-order valence-corrected chi connectivity index (χ0v) is 20.7. The fourth-order valence-electron chi connectivity index (χ4n) is 5.01. The molecule has 2 fully saturated rings. The number of hydrogen-bond donors (Lipinski definition) is 1. The van der Waals surface area contributed by atoms with Crippen LogP contribution in [0.4, 0.5) is 4.79 Å². The van der Waals surface area contributed by atoms with Gasteiger partial charge in [0.2, 0.25) is 11.7 Å². The van der Waals surface area contributed by atoms with Gasteiger partial charge in [-0.3, -0.25) is 14.5 Å². The third-order valence-corrected chi connectivity index (χ3v) is 6.81. The summed E-state index contributed by atoms with van der Waals surface area (Å²) in [7, 11) is 4.61. The number of hydrogen-bond acceptors (Lipinski definition) is 6. The Balaban J connectivity index is 1.68. The molecule has 2 aliphatic heterocycles. The first-order chi connectivity index (χ1) is 16.2. The molecule has 4 amide bonds. The second kappa shape index (κ2) is 10.4. The van der Waals surface area contributed by atoms with Gasteiger partial charge in [0.05, 0.1) is 34.3 Å². The van der Waals surface area contributed by atoms with Gasteiger partial charge in [-0.25, -0.2) is 4.79 Å². The molecule has 0 aliphatic carbocycles. The normalized spacial score (nSPS) is 20.9. The van der Waals surface area contributed by atoms with Gasteiger partial charge in [-0.15, -0.1) is 0 Å². The molecular formula is C25H35N3O6. The molecule has 2 saturated heterocycles. The van der Waals surface area contributed by atoms with Crippen LogP contribution < -0.4 is 19.5 Å². The second-order valence-corrected chi connectivity index (χ2v) is 8.97. The fraction of sp³-hybridized carbons (Fsp3) is 0.560. The van der Waals surface area contributed by atoms with Crippen LogP contribution in [-0.2, 0) is 16.0 Å². The summed E-state index contributed by atoms with van der Waals surface area (Å²) in [5.74, 6) is 1.26. The number of amides is 4. The number of nitrogens with one attached hydrogen (secondary N) is 1. The van der Waals surface area contributed by atoms with E-state index < -0.39 is 5.54 Å². The van der Waals surface area contributed by atoms with Gasteiger partial charge in [0.15, 0.2) is 11.5 Å². The van der Waals surface area contributed by atoms with Crippen LogP contribution in [0.3, 0.4) is 0 Å². The van der Waals surface area contributed by atoms with Crippen molar-refractivity contribution in [2.75, 3.05) is 41.0 Å². The first-order valence-electron chi connectivity index (χ1n) is 11.6. The van der Waals surface area contributed by atoms with Gasteiger partial charge in [-0.05, 0) is 49.8 Å². The van der Waals surface area contributed by atoms with E-state index in [2.05, 4.69) is 11.9 Å². The SMILES string of the molecule is C=C(C)CN1C(=O)NC(CC)(C2CCN(C(=O)Cc3cc(OC)c(OC)c(OC)c3)CC2)C1=O. The Hall–Kier alpha value is -3.23. The van der Waals surface area contributed by atoms with E-state index in [4.69, 9.17) is 14.2 Å². The van der Waals surface area contributed by atoms with Gasteiger partial charge in [0.1, 0.15) is 5.54 Å². The van der Waals surface area contributed by atoms with Crippen LogP contribution in [0, 0.1) is 5.92 Å². The van der Waals surface area contributed by atoms with Crippen molar-refractivity contribution in [2.24, 2.45) is 5.92 Å². The Morgan fingerprint density at radius 3 is 2.18 bits per heavy atom. The molecule has 2 heterocycles. The molecule has 1 N–H and O–H groups in total. The Labute approximate surface area is 201 Å². The number of carbonyl (C=O) groups excluding carboxylic acids is 3. The van der Waals surface area contributed by atoms with Gasteiger partial charge in [0.25, 0.3) is 5.91 Å². The van der Waals surface area contributed by atoms with Gasteiger partial charge < -0.3 is 24.4 Å². The Kier molecular flexibility index (Phi) is 7.74. The molecule has 0 radical (unpaired) electrons. The smallest absolute Gasteiger partial charge is 0.325 e. The molecule has 9 nitrogen and oxygen atoms in total. The van der Waals surface area contributed by atoms with Crippen molar-refractivity contribution in [1.82, 2.24) is 15.1 Å². The number of benzene rings is 1. The first-order valence-corrected chi connectivity index (χ1v) is 11.6. The predicted molar refractivity (Wildman–Crippen MR) is 127 cm³/mol. The molecule has 1 aromatic carbocycles. The van der Waals surface area contributed by atoms with Crippen molar-refractivity contribution >= 4 is 17.8 Å². The van der Waals surface area contributed by atoms with Crippen LogP contribution >= 0.6 is 0 Å². The molecule has 1 unspecified atom stereocenters. The highest BCUT2D eigenvalue weighted by Gasteiger charge is 2.54. The van der Waals surface area contributed by atoms with Crippen molar-refractivity contribution in [3.63, 3.8) is 0 Å². The third kappa shape index (κ3) is 4.69. The monoisotopic (exact) mass is 473 g/mol. The van der Waals surface area contributed by atoms with Crippen LogP contribution in [0.1, 0.15) is 38.7 Å². The molecule has 0 bridgehead atoms.